The summed E-state index contributed by atoms with van der Waals surface area (Å²) in [4.78, 5) is 0. The molecule has 0 aliphatic rings. The van der Waals surface area contributed by atoms with Gasteiger partial charge in [-0.1, -0.05) is 53.6 Å². The lowest BCUT2D eigenvalue weighted by molar-refractivity contribution is 0.722. The molecule has 1 atom stereocenters. The zero-order valence-corrected chi connectivity index (χ0v) is 13.1. The molecular weight excluding hydrogens is 288 g/mol. The maximum atomic E-state index is 6.09. The van der Waals surface area contributed by atoms with Crippen LogP contribution in [0, 0.1) is 6.92 Å². The highest BCUT2D eigenvalue weighted by Crippen LogP contribution is 2.20. The van der Waals surface area contributed by atoms with E-state index in [0.717, 1.165) is 5.69 Å². The number of hydrogen-bond donors (Lipinski definition) is 2. The fourth-order valence-corrected chi connectivity index (χ4v) is 2.33. The monoisotopic (exact) mass is 304 g/mol. The highest BCUT2D eigenvalue weighted by atomic mass is 35.5. The molecule has 0 saturated carbocycles. The molecule has 2 rings (SSSR count). The Morgan fingerprint density at radius 1 is 1.10 bits per heavy atom. The summed E-state index contributed by atoms with van der Waals surface area (Å²) >= 11 is 11.4. The molecule has 0 saturated heterocycles. The molecule has 2 nitrogen and oxygen atoms in total. The van der Waals surface area contributed by atoms with Gasteiger partial charge in [0.15, 0.2) is 5.11 Å². The van der Waals surface area contributed by atoms with E-state index in [1.807, 2.05) is 24.3 Å². The molecule has 0 radical (unpaired) electrons. The van der Waals surface area contributed by atoms with Crippen LogP contribution in [0.2, 0.25) is 5.02 Å². The molecule has 0 heterocycles. The van der Waals surface area contributed by atoms with Gasteiger partial charge in [0.25, 0.3) is 0 Å². The molecule has 1 unspecified atom stereocenters. The number of rotatable bonds is 3. The molecule has 2 aromatic rings. The smallest absolute Gasteiger partial charge is 0.171 e. The van der Waals surface area contributed by atoms with Crippen LogP contribution in [0.3, 0.4) is 0 Å². The number of anilines is 1. The van der Waals surface area contributed by atoms with E-state index in [4.69, 9.17) is 23.8 Å². The zero-order valence-electron chi connectivity index (χ0n) is 11.5. The van der Waals surface area contributed by atoms with Crippen molar-refractivity contribution < 1.29 is 0 Å². The van der Waals surface area contributed by atoms with E-state index < -0.39 is 0 Å². The first-order chi connectivity index (χ1) is 9.56. The number of thiocarbonyl (C=S) groups is 1. The Morgan fingerprint density at radius 2 is 1.75 bits per heavy atom. The third-order valence-corrected chi connectivity index (χ3v) is 3.60. The van der Waals surface area contributed by atoms with Crippen LogP contribution < -0.4 is 10.6 Å². The van der Waals surface area contributed by atoms with Crippen molar-refractivity contribution in [2.75, 3.05) is 5.32 Å². The number of hydrogen-bond acceptors (Lipinski definition) is 1. The number of nitrogens with one attached hydrogen (secondary N) is 2. The number of para-hydroxylation sites is 1. The standard InChI is InChI=1S/C16H17ClN2S/c1-11-7-9-13(10-8-11)12(2)18-16(20)19-15-6-4-3-5-14(15)17/h3-10,12H,1-2H3,(H2,18,19,20). The molecule has 4 heteroatoms. The molecule has 0 spiro atoms. The SMILES string of the molecule is Cc1ccc(C(C)NC(=S)Nc2ccccc2Cl)cc1. The van der Waals surface area contributed by atoms with Crippen LogP contribution in [0.1, 0.15) is 24.1 Å². The average Bonchev–Trinajstić information content (AvgIpc) is 2.42. The Balaban J connectivity index is 1.98. The lowest BCUT2D eigenvalue weighted by Crippen LogP contribution is -2.30. The van der Waals surface area contributed by atoms with E-state index in [9.17, 15) is 0 Å². The van der Waals surface area contributed by atoms with Crippen molar-refractivity contribution in [1.29, 1.82) is 0 Å². The van der Waals surface area contributed by atoms with Crippen molar-refractivity contribution in [2.24, 2.45) is 0 Å². The molecule has 2 aromatic carbocycles. The second-order valence-corrected chi connectivity index (χ2v) is 5.53. The third kappa shape index (κ3) is 3.95. The molecule has 0 aromatic heterocycles. The third-order valence-electron chi connectivity index (χ3n) is 3.05. The van der Waals surface area contributed by atoms with Crippen LogP contribution in [-0.2, 0) is 0 Å². The van der Waals surface area contributed by atoms with Gasteiger partial charge < -0.3 is 10.6 Å². The fourth-order valence-electron chi connectivity index (χ4n) is 1.86. The maximum absolute atomic E-state index is 6.09. The fraction of sp³-hybridized carbons (Fsp3) is 0.188. The Labute approximate surface area is 130 Å². The van der Waals surface area contributed by atoms with Gasteiger partial charge in [0.05, 0.1) is 16.8 Å². The largest absolute Gasteiger partial charge is 0.356 e. The summed E-state index contributed by atoms with van der Waals surface area (Å²) in [5.74, 6) is 0. The number of benzene rings is 2. The molecular formula is C16H17ClN2S. The summed E-state index contributed by atoms with van der Waals surface area (Å²) in [6, 6.07) is 16.1. The van der Waals surface area contributed by atoms with Gasteiger partial charge in [-0.2, -0.15) is 0 Å². The highest BCUT2D eigenvalue weighted by molar-refractivity contribution is 7.80. The van der Waals surface area contributed by atoms with Crippen LogP contribution in [0.4, 0.5) is 5.69 Å². The summed E-state index contributed by atoms with van der Waals surface area (Å²) in [6.07, 6.45) is 0. The molecule has 0 fully saturated rings. The van der Waals surface area contributed by atoms with E-state index in [0.29, 0.717) is 10.1 Å². The van der Waals surface area contributed by atoms with Gasteiger partial charge in [-0.15, -0.1) is 0 Å². The quantitative estimate of drug-likeness (QED) is 0.804. The Morgan fingerprint density at radius 3 is 2.40 bits per heavy atom. The van der Waals surface area contributed by atoms with Crippen molar-refractivity contribution in [3.05, 3.63) is 64.7 Å². The zero-order chi connectivity index (χ0) is 14.5. The Hall–Kier alpha value is -1.58. The summed E-state index contributed by atoms with van der Waals surface area (Å²) in [5.41, 5.74) is 3.25. The first-order valence-electron chi connectivity index (χ1n) is 6.45. The summed E-state index contributed by atoms with van der Waals surface area (Å²) in [5, 5.41) is 7.58. The lowest BCUT2D eigenvalue weighted by Gasteiger charge is -2.18. The van der Waals surface area contributed by atoms with E-state index in [1.165, 1.54) is 11.1 Å². The van der Waals surface area contributed by atoms with Crippen molar-refractivity contribution in [3.8, 4) is 0 Å². The highest BCUT2D eigenvalue weighted by Gasteiger charge is 2.07. The van der Waals surface area contributed by atoms with Gasteiger partial charge in [0, 0.05) is 0 Å². The van der Waals surface area contributed by atoms with E-state index in [-0.39, 0.29) is 6.04 Å². The van der Waals surface area contributed by atoms with Crippen LogP contribution in [0.5, 0.6) is 0 Å². The average molecular weight is 305 g/mol. The van der Waals surface area contributed by atoms with Crippen molar-refractivity contribution >= 4 is 34.6 Å². The van der Waals surface area contributed by atoms with Gasteiger partial charge in [0.2, 0.25) is 0 Å². The normalized spacial score (nSPS) is 11.8. The number of aryl methyl sites for hydroxylation is 1. The van der Waals surface area contributed by atoms with Crippen LogP contribution in [-0.4, -0.2) is 5.11 Å². The minimum atomic E-state index is 0.137. The summed E-state index contributed by atoms with van der Waals surface area (Å²) in [7, 11) is 0. The molecule has 104 valence electrons. The number of halogens is 1. The lowest BCUT2D eigenvalue weighted by atomic mass is 10.1. The first-order valence-corrected chi connectivity index (χ1v) is 7.23. The predicted molar refractivity (Wildman–Crippen MR) is 90.4 cm³/mol. The van der Waals surface area contributed by atoms with Gasteiger partial charge in [-0.05, 0) is 43.8 Å². The second-order valence-electron chi connectivity index (χ2n) is 4.71. The molecule has 20 heavy (non-hydrogen) atoms. The second kappa shape index (κ2) is 6.73. The minimum Gasteiger partial charge on any atom is -0.356 e. The van der Waals surface area contributed by atoms with Gasteiger partial charge in [-0.25, -0.2) is 0 Å². The molecule has 0 aliphatic heterocycles. The van der Waals surface area contributed by atoms with Crippen molar-refractivity contribution in [1.82, 2.24) is 5.32 Å². The van der Waals surface area contributed by atoms with Crippen molar-refractivity contribution in [2.45, 2.75) is 19.9 Å². The minimum absolute atomic E-state index is 0.137. The van der Waals surface area contributed by atoms with Gasteiger partial charge >= 0.3 is 0 Å². The van der Waals surface area contributed by atoms with Crippen LogP contribution in [0.25, 0.3) is 0 Å². The van der Waals surface area contributed by atoms with E-state index in [2.05, 4.69) is 48.7 Å². The van der Waals surface area contributed by atoms with Gasteiger partial charge in [-0.3, -0.25) is 0 Å². The first kappa shape index (κ1) is 14.8. The molecule has 2 N–H and O–H groups in total. The maximum Gasteiger partial charge on any atom is 0.171 e. The van der Waals surface area contributed by atoms with Crippen LogP contribution >= 0.6 is 23.8 Å². The van der Waals surface area contributed by atoms with Crippen LogP contribution in [0.15, 0.2) is 48.5 Å². The summed E-state index contributed by atoms with van der Waals surface area (Å²) in [6.45, 7) is 4.15. The topological polar surface area (TPSA) is 24.1 Å². The summed E-state index contributed by atoms with van der Waals surface area (Å²) < 4.78 is 0. The molecule has 0 aliphatic carbocycles. The predicted octanol–water partition coefficient (Wildman–Crippen LogP) is 4.70. The van der Waals surface area contributed by atoms with Gasteiger partial charge in [0.1, 0.15) is 0 Å². The van der Waals surface area contributed by atoms with E-state index >= 15 is 0 Å². The van der Waals surface area contributed by atoms with Crippen molar-refractivity contribution in [3.63, 3.8) is 0 Å². The molecule has 0 bridgehead atoms. The Bertz CT molecular complexity index is 596. The van der Waals surface area contributed by atoms with E-state index in [1.54, 1.807) is 0 Å². The Kier molecular flexibility index (Phi) is 4.99. The molecule has 0 amide bonds.